The van der Waals surface area contributed by atoms with Crippen LogP contribution in [0.2, 0.25) is 0 Å². The van der Waals surface area contributed by atoms with Gasteiger partial charge in [-0.25, -0.2) is 4.98 Å². The molecule has 112 valence electrons. The molecule has 0 aliphatic carbocycles. The van der Waals surface area contributed by atoms with E-state index in [1.807, 2.05) is 34.6 Å². The highest BCUT2D eigenvalue weighted by molar-refractivity contribution is 5.77. The van der Waals surface area contributed by atoms with Crippen LogP contribution in [0.4, 0.5) is 5.82 Å². The van der Waals surface area contributed by atoms with Crippen LogP contribution in [0.5, 0.6) is 0 Å². The molecule has 0 unspecified atom stereocenters. The van der Waals surface area contributed by atoms with E-state index in [0.29, 0.717) is 24.6 Å². The summed E-state index contributed by atoms with van der Waals surface area (Å²) in [6.07, 6.45) is 0.336. The van der Waals surface area contributed by atoms with Crippen LogP contribution in [0.25, 0.3) is 0 Å². The van der Waals surface area contributed by atoms with Crippen molar-refractivity contribution in [3.8, 4) is 0 Å². The summed E-state index contributed by atoms with van der Waals surface area (Å²) < 4.78 is 0. The molecule has 1 aromatic heterocycles. The van der Waals surface area contributed by atoms with Gasteiger partial charge in [-0.15, -0.1) is 0 Å². The molecule has 6 heteroatoms. The number of rotatable bonds is 5. The third-order valence-electron chi connectivity index (χ3n) is 2.48. The van der Waals surface area contributed by atoms with E-state index in [2.05, 4.69) is 20.6 Å². The van der Waals surface area contributed by atoms with E-state index in [-0.39, 0.29) is 22.9 Å². The van der Waals surface area contributed by atoms with Crippen molar-refractivity contribution in [1.82, 2.24) is 15.3 Å². The molecule has 1 aromatic rings. The van der Waals surface area contributed by atoms with Gasteiger partial charge in [0.2, 0.25) is 5.91 Å². The van der Waals surface area contributed by atoms with Crippen molar-refractivity contribution in [1.29, 1.82) is 0 Å². The van der Waals surface area contributed by atoms with Crippen molar-refractivity contribution >= 4 is 11.7 Å². The molecule has 0 fully saturated rings. The highest BCUT2D eigenvalue weighted by atomic mass is 16.1. The SMILES string of the molecule is CC(C)c1nc(NCCC(=O)NC(C)(C)C)cc(=O)[nH]1. The molecule has 3 N–H and O–H groups in total. The van der Waals surface area contributed by atoms with Gasteiger partial charge in [-0.2, -0.15) is 0 Å². The lowest BCUT2D eigenvalue weighted by molar-refractivity contribution is -0.122. The lowest BCUT2D eigenvalue weighted by Gasteiger charge is -2.20. The second-order valence-corrected chi connectivity index (χ2v) is 6.15. The number of anilines is 1. The summed E-state index contributed by atoms with van der Waals surface area (Å²) in [4.78, 5) is 30.1. The third-order valence-corrected chi connectivity index (χ3v) is 2.48. The predicted molar refractivity (Wildman–Crippen MR) is 79.9 cm³/mol. The summed E-state index contributed by atoms with van der Waals surface area (Å²) in [7, 11) is 0. The van der Waals surface area contributed by atoms with Crippen molar-refractivity contribution in [3.63, 3.8) is 0 Å². The molecular formula is C14H24N4O2. The largest absolute Gasteiger partial charge is 0.369 e. The minimum Gasteiger partial charge on any atom is -0.369 e. The van der Waals surface area contributed by atoms with E-state index in [0.717, 1.165) is 0 Å². The van der Waals surface area contributed by atoms with E-state index < -0.39 is 0 Å². The Morgan fingerprint density at radius 2 is 2.05 bits per heavy atom. The maximum atomic E-state index is 11.7. The Morgan fingerprint density at radius 3 is 2.60 bits per heavy atom. The van der Waals surface area contributed by atoms with E-state index in [1.165, 1.54) is 6.07 Å². The quantitative estimate of drug-likeness (QED) is 0.764. The molecule has 1 heterocycles. The molecular weight excluding hydrogens is 256 g/mol. The summed E-state index contributed by atoms with van der Waals surface area (Å²) >= 11 is 0. The molecule has 0 saturated heterocycles. The first-order valence-corrected chi connectivity index (χ1v) is 6.83. The van der Waals surface area contributed by atoms with Crippen molar-refractivity contribution in [2.45, 2.75) is 52.5 Å². The van der Waals surface area contributed by atoms with Crippen molar-refractivity contribution in [2.75, 3.05) is 11.9 Å². The zero-order chi connectivity index (χ0) is 15.3. The number of nitrogens with one attached hydrogen (secondary N) is 3. The predicted octanol–water partition coefficient (Wildman–Crippen LogP) is 1.61. The number of H-pyrrole nitrogens is 1. The van der Waals surface area contributed by atoms with E-state index in [9.17, 15) is 9.59 Å². The van der Waals surface area contributed by atoms with Gasteiger partial charge >= 0.3 is 0 Å². The minimum atomic E-state index is -0.232. The standard InChI is InChI=1S/C14H24N4O2/c1-9(2)13-16-10(8-12(20)17-13)15-7-6-11(19)18-14(3,4)5/h8-9H,6-7H2,1-5H3,(H,18,19)(H2,15,16,17,20). The molecule has 0 aliphatic heterocycles. The maximum absolute atomic E-state index is 11.7. The molecule has 0 saturated carbocycles. The fourth-order valence-electron chi connectivity index (χ4n) is 1.63. The van der Waals surface area contributed by atoms with Crippen LogP contribution in [0, 0.1) is 0 Å². The lowest BCUT2D eigenvalue weighted by Crippen LogP contribution is -2.41. The van der Waals surface area contributed by atoms with Crippen LogP contribution in [0.3, 0.4) is 0 Å². The minimum absolute atomic E-state index is 0.0288. The Kier molecular flexibility index (Phi) is 5.30. The summed E-state index contributed by atoms with van der Waals surface area (Å²) in [5, 5.41) is 5.88. The van der Waals surface area contributed by atoms with Gasteiger partial charge in [0.25, 0.3) is 5.56 Å². The Bertz CT molecular complexity index is 515. The highest BCUT2D eigenvalue weighted by Crippen LogP contribution is 2.09. The second kappa shape index (κ2) is 6.54. The molecule has 1 rings (SSSR count). The topological polar surface area (TPSA) is 86.9 Å². The van der Waals surface area contributed by atoms with Crippen LogP contribution in [-0.2, 0) is 4.79 Å². The molecule has 0 aliphatic rings. The number of carbonyl (C=O) groups excluding carboxylic acids is 1. The van der Waals surface area contributed by atoms with Gasteiger partial charge in [0.05, 0.1) is 0 Å². The Hall–Kier alpha value is -1.85. The van der Waals surface area contributed by atoms with Crippen molar-refractivity contribution in [3.05, 3.63) is 22.2 Å². The highest BCUT2D eigenvalue weighted by Gasteiger charge is 2.13. The second-order valence-electron chi connectivity index (χ2n) is 6.15. The van der Waals surface area contributed by atoms with Crippen LogP contribution < -0.4 is 16.2 Å². The first-order valence-electron chi connectivity index (χ1n) is 6.83. The van der Waals surface area contributed by atoms with Crippen molar-refractivity contribution < 1.29 is 4.79 Å². The van der Waals surface area contributed by atoms with Gasteiger partial charge in [0, 0.05) is 30.5 Å². The monoisotopic (exact) mass is 280 g/mol. The summed E-state index contributed by atoms with van der Waals surface area (Å²) in [6.45, 7) is 10.2. The van der Waals surface area contributed by atoms with E-state index >= 15 is 0 Å². The fraction of sp³-hybridized carbons (Fsp3) is 0.643. The van der Waals surface area contributed by atoms with E-state index in [4.69, 9.17) is 0 Å². The van der Waals surface area contributed by atoms with Gasteiger partial charge in [0.15, 0.2) is 0 Å². The first-order chi connectivity index (χ1) is 9.17. The first kappa shape index (κ1) is 16.2. The molecule has 6 nitrogen and oxygen atoms in total. The smallest absolute Gasteiger partial charge is 0.252 e. The zero-order valence-corrected chi connectivity index (χ0v) is 12.8. The summed E-state index contributed by atoms with van der Waals surface area (Å²) in [5.41, 5.74) is -0.422. The summed E-state index contributed by atoms with van der Waals surface area (Å²) in [6, 6.07) is 1.40. The average Bonchev–Trinajstić information content (AvgIpc) is 2.25. The number of hydrogen-bond acceptors (Lipinski definition) is 4. The van der Waals surface area contributed by atoms with Gasteiger partial charge in [-0.3, -0.25) is 9.59 Å². The molecule has 0 radical (unpaired) electrons. The number of nitrogens with zero attached hydrogens (tertiary/aromatic N) is 1. The Labute approximate surface area is 119 Å². The molecule has 0 spiro atoms. The molecule has 0 bridgehead atoms. The Balaban J connectivity index is 2.54. The van der Waals surface area contributed by atoms with Crippen LogP contribution in [0.15, 0.2) is 10.9 Å². The third kappa shape index (κ3) is 5.86. The van der Waals surface area contributed by atoms with Gasteiger partial charge in [0.1, 0.15) is 11.6 Å². The zero-order valence-electron chi connectivity index (χ0n) is 12.8. The molecule has 0 aromatic carbocycles. The fourth-order valence-corrected chi connectivity index (χ4v) is 1.63. The number of amides is 1. The number of carbonyl (C=O) groups is 1. The molecule has 0 atom stereocenters. The lowest BCUT2D eigenvalue weighted by atomic mass is 10.1. The van der Waals surface area contributed by atoms with Crippen LogP contribution in [0.1, 0.15) is 52.8 Å². The van der Waals surface area contributed by atoms with Gasteiger partial charge < -0.3 is 15.6 Å². The van der Waals surface area contributed by atoms with Gasteiger partial charge in [-0.05, 0) is 20.8 Å². The van der Waals surface area contributed by atoms with Gasteiger partial charge in [-0.1, -0.05) is 13.8 Å². The number of hydrogen-bond donors (Lipinski definition) is 3. The normalized spacial score (nSPS) is 11.5. The summed E-state index contributed by atoms with van der Waals surface area (Å²) in [5.74, 6) is 1.26. The maximum Gasteiger partial charge on any atom is 0.252 e. The average molecular weight is 280 g/mol. The van der Waals surface area contributed by atoms with E-state index in [1.54, 1.807) is 0 Å². The Morgan fingerprint density at radius 1 is 1.40 bits per heavy atom. The number of aromatic nitrogens is 2. The number of aromatic amines is 1. The molecule has 20 heavy (non-hydrogen) atoms. The van der Waals surface area contributed by atoms with Crippen LogP contribution >= 0.6 is 0 Å². The van der Waals surface area contributed by atoms with Crippen molar-refractivity contribution in [2.24, 2.45) is 0 Å². The molecule has 1 amide bonds. The van der Waals surface area contributed by atoms with Crippen LogP contribution in [-0.4, -0.2) is 28.0 Å².